The van der Waals surface area contributed by atoms with Gasteiger partial charge in [-0.3, -0.25) is 0 Å². The average molecular weight is 356 g/mol. The number of aliphatic hydroxyl groups excluding tert-OH is 1. The van der Waals surface area contributed by atoms with Crippen LogP contribution in [0, 0.1) is 13.8 Å². The third kappa shape index (κ3) is 2.58. The number of hydrogen-bond donors (Lipinski definition) is 1. The van der Waals surface area contributed by atoms with Gasteiger partial charge in [0.25, 0.3) is 0 Å². The first-order chi connectivity index (χ1) is 12.1. The van der Waals surface area contributed by atoms with Crippen LogP contribution in [-0.2, 0) is 6.54 Å². The van der Waals surface area contributed by atoms with E-state index in [4.69, 9.17) is 21.7 Å². The lowest BCUT2D eigenvalue weighted by molar-refractivity contribution is 0.280. The minimum Gasteiger partial charge on any atom is -0.396 e. The van der Waals surface area contributed by atoms with Crippen LogP contribution in [0.2, 0.25) is 5.02 Å². The summed E-state index contributed by atoms with van der Waals surface area (Å²) < 4.78 is 3.85. The topological polar surface area (TPSA) is 68.2 Å². The van der Waals surface area contributed by atoms with E-state index >= 15 is 0 Å². The molecule has 0 fully saturated rings. The Morgan fingerprint density at radius 2 is 1.88 bits per heavy atom. The fourth-order valence-corrected chi connectivity index (χ4v) is 3.28. The maximum atomic E-state index is 9.15. The zero-order valence-electron chi connectivity index (χ0n) is 14.1. The number of rotatable bonds is 4. The molecule has 0 saturated heterocycles. The van der Waals surface area contributed by atoms with Gasteiger partial charge in [0.15, 0.2) is 11.5 Å². The number of aryl methyl sites for hydroxylation is 2. The number of fused-ring (bicyclic) bond motifs is 3. The molecule has 4 rings (SSSR count). The van der Waals surface area contributed by atoms with Crippen LogP contribution in [-0.4, -0.2) is 35.9 Å². The van der Waals surface area contributed by atoms with Gasteiger partial charge in [0.1, 0.15) is 12.0 Å². The predicted molar refractivity (Wildman–Crippen MR) is 97.9 cm³/mol. The summed E-state index contributed by atoms with van der Waals surface area (Å²) in [5, 5.41) is 15.4. The van der Waals surface area contributed by atoms with Gasteiger partial charge in [0, 0.05) is 29.4 Å². The summed E-state index contributed by atoms with van der Waals surface area (Å²) in [4.78, 5) is 9.33. The molecule has 1 N–H and O–H groups in total. The highest BCUT2D eigenvalue weighted by atomic mass is 35.5. The van der Waals surface area contributed by atoms with Crippen LogP contribution in [0.25, 0.3) is 28.1 Å². The van der Waals surface area contributed by atoms with Crippen molar-refractivity contribution in [2.75, 3.05) is 6.61 Å². The van der Waals surface area contributed by atoms with Crippen LogP contribution in [0.15, 0.2) is 30.6 Å². The summed E-state index contributed by atoms with van der Waals surface area (Å²) in [5.41, 5.74) is 4.86. The van der Waals surface area contributed by atoms with Gasteiger partial charge in [-0.05, 0) is 50.1 Å². The van der Waals surface area contributed by atoms with Gasteiger partial charge in [-0.25, -0.2) is 14.5 Å². The summed E-state index contributed by atoms with van der Waals surface area (Å²) in [6.07, 6.45) is 2.39. The van der Waals surface area contributed by atoms with Gasteiger partial charge in [0.05, 0.1) is 5.39 Å². The monoisotopic (exact) mass is 355 g/mol. The SMILES string of the molecule is Cc1c(C)n(CCCO)c2ncn3nc(-c4ccc(Cl)cc4)nc3c12. The van der Waals surface area contributed by atoms with Gasteiger partial charge >= 0.3 is 0 Å². The highest BCUT2D eigenvalue weighted by Gasteiger charge is 2.18. The quantitative estimate of drug-likeness (QED) is 0.609. The Labute approximate surface area is 149 Å². The number of nitrogens with zero attached hydrogens (tertiary/aromatic N) is 5. The standard InChI is InChI=1S/C18H18ClN5O/c1-11-12(2)23(8-3-9-25)17-15(11)18-21-16(22-24(18)10-20-17)13-4-6-14(19)7-5-13/h4-7,10,25H,3,8-9H2,1-2H3. The zero-order valence-corrected chi connectivity index (χ0v) is 14.8. The van der Waals surface area contributed by atoms with Crippen molar-refractivity contribution >= 4 is 28.3 Å². The molecule has 0 unspecified atom stereocenters. The molecule has 3 heterocycles. The predicted octanol–water partition coefficient (Wildman–Crippen LogP) is 3.40. The van der Waals surface area contributed by atoms with E-state index in [0.29, 0.717) is 17.3 Å². The second-order valence-electron chi connectivity index (χ2n) is 6.09. The first kappa shape index (κ1) is 16.1. The molecule has 0 radical (unpaired) electrons. The molecule has 1 aromatic carbocycles. The van der Waals surface area contributed by atoms with Crippen molar-refractivity contribution in [2.24, 2.45) is 0 Å². The molecule has 4 aromatic rings. The summed E-state index contributed by atoms with van der Waals surface area (Å²) >= 11 is 5.96. The smallest absolute Gasteiger partial charge is 0.182 e. The highest BCUT2D eigenvalue weighted by Crippen LogP contribution is 2.28. The molecule has 0 saturated carbocycles. The Bertz CT molecular complexity index is 1060. The Balaban J connectivity index is 1.93. The molecule has 0 aliphatic rings. The number of aromatic nitrogens is 5. The van der Waals surface area contributed by atoms with Gasteiger partial charge in [0.2, 0.25) is 0 Å². The van der Waals surface area contributed by atoms with Gasteiger partial charge < -0.3 is 9.67 Å². The number of aliphatic hydroxyl groups is 1. The summed E-state index contributed by atoms with van der Waals surface area (Å²) in [5.74, 6) is 0.645. The molecule has 0 aliphatic carbocycles. The van der Waals surface area contributed by atoms with E-state index in [0.717, 1.165) is 40.0 Å². The van der Waals surface area contributed by atoms with Crippen molar-refractivity contribution in [1.82, 2.24) is 24.1 Å². The first-order valence-electron chi connectivity index (χ1n) is 8.17. The lowest BCUT2D eigenvalue weighted by Crippen LogP contribution is -2.03. The number of hydrogen-bond acceptors (Lipinski definition) is 4. The van der Waals surface area contributed by atoms with Crippen LogP contribution < -0.4 is 0 Å². The van der Waals surface area contributed by atoms with Crippen molar-refractivity contribution in [3.05, 3.63) is 46.9 Å². The first-order valence-corrected chi connectivity index (χ1v) is 8.55. The highest BCUT2D eigenvalue weighted by molar-refractivity contribution is 6.30. The Morgan fingerprint density at radius 3 is 2.60 bits per heavy atom. The van der Waals surface area contributed by atoms with Gasteiger partial charge in [-0.2, -0.15) is 0 Å². The van der Waals surface area contributed by atoms with Crippen LogP contribution in [0.1, 0.15) is 17.7 Å². The Kier molecular flexibility index (Phi) is 3.94. The largest absolute Gasteiger partial charge is 0.396 e. The van der Waals surface area contributed by atoms with Gasteiger partial charge in [-0.15, -0.1) is 5.10 Å². The van der Waals surface area contributed by atoms with E-state index in [1.54, 1.807) is 10.8 Å². The second kappa shape index (κ2) is 6.13. The fourth-order valence-electron chi connectivity index (χ4n) is 3.15. The summed E-state index contributed by atoms with van der Waals surface area (Å²) in [6.45, 7) is 5.03. The van der Waals surface area contributed by atoms with E-state index in [1.165, 1.54) is 0 Å². The molecule has 6 nitrogen and oxygen atoms in total. The zero-order chi connectivity index (χ0) is 17.6. The lowest BCUT2D eigenvalue weighted by Gasteiger charge is -2.05. The molecule has 0 aliphatic heterocycles. The van der Waals surface area contributed by atoms with Crippen LogP contribution >= 0.6 is 11.6 Å². The molecule has 7 heteroatoms. The molecule has 0 spiro atoms. The fraction of sp³-hybridized carbons (Fsp3) is 0.278. The Morgan fingerprint density at radius 1 is 1.12 bits per heavy atom. The van der Waals surface area contributed by atoms with Crippen molar-refractivity contribution in [3.8, 4) is 11.4 Å². The van der Waals surface area contributed by atoms with Crippen LogP contribution in [0.3, 0.4) is 0 Å². The molecule has 25 heavy (non-hydrogen) atoms. The molecule has 3 aromatic heterocycles. The molecular formula is C18H18ClN5O. The van der Waals surface area contributed by atoms with Gasteiger partial charge in [-0.1, -0.05) is 11.6 Å². The summed E-state index contributed by atoms with van der Waals surface area (Å²) in [7, 11) is 0. The summed E-state index contributed by atoms with van der Waals surface area (Å²) in [6, 6.07) is 7.48. The molecule has 128 valence electrons. The molecular weight excluding hydrogens is 338 g/mol. The number of halogens is 1. The molecule has 0 atom stereocenters. The van der Waals surface area contributed by atoms with Crippen molar-refractivity contribution < 1.29 is 5.11 Å². The van der Waals surface area contributed by atoms with E-state index in [-0.39, 0.29) is 6.61 Å². The molecule has 0 amide bonds. The van der Waals surface area contributed by atoms with Crippen LogP contribution in [0.5, 0.6) is 0 Å². The van der Waals surface area contributed by atoms with Crippen molar-refractivity contribution in [1.29, 1.82) is 0 Å². The third-order valence-corrected chi connectivity index (χ3v) is 4.84. The Hall–Kier alpha value is -2.44. The molecule has 0 bridgehead atoms. The number of benzene rings is 1. The second-order valence-corrected chi connectivity index (χ2v) is 6.53. The minimum absolute atomic E-state index is 0.159. The van der Waals surface area contributed by atoms with E-state index in [1.807, 2.05) is 24.3 Å². The lowest BCUT2D eigenvalue weighted by atomic mass is 10.2. The van der Waals surface area contributed by atoms with E-state index < -0.39 is 0 Å². The minimum atomic E-state index is 0.159. The average Bonchev–Trinajstić information content (AvgIpc) is 3.14. The van der Waals surface area contributed by atoms with Crippen molar-refractivity contribution in [2.45, 2.75) is 26.8 Å². The maximum absolute atomic E-state index is 9.15. The van der Waals surface area contributed by atoms with E-state index in [9.17, 15) is 0 Å². The van der Waals surface area contributed by atoms with E-state index in [2.05, 4.69) is 28.5 Å². The van der Waals surface area contributed by atoms with Crippen molar-refractivity contribution in [3.63, 3.8) is 0 Å². The van der Waals surface area contributed by atoms with Crippen LogP contribution in [0.4, 0.5) is 0 Å². The maximum Gasteiger partial charge on any atom is 0.182 e. The normalized spacial score (nSPS) is 11.7. The third-order valence-electron chi connectivity index (χ3n) is 4.59.